The topological polar surface area (TPSA) is 38.9 Å². The number of allylic oxidation sites excluding steroid dienone is 4. The maximum atomic E-state index is 14.0. The number of hydrogen-bond acceptors (Lipinski definition) is 3. The summed E-state index contributed by atoms with van der Waals surface area (Å²) in [6.07, 6.45) is 3.49. The van der Waals surface area contributed by atoms with Gasteiger partial charge >= 0.3 is 0 Å². The highest BCUT2D eigenvalue weighted by atomic mass is 19.1. The molecule has 0 saturated heterocycles. The van der Waals surface area contributed by atoms with Crippen LogP contribution in [0.3, 0.4) is 0 Å². The third-order valence-corrected chi connectivity index (χ3v) is 2.94. The maximum Gasteiger partial charge on any atom is 0.244 e. The zero-order valence-electron chi connectivity index (χ0n) is 9.70. The van der Waals surface area contributed by atoms with Crippen LogP contribution >= 0.6 is 0 Å². The fourth-order valence-corrected chi connectivity index (χ4v) is 1.91. The van der Waals surface area contributed by atoms with E-state index in [4.69, 9.17) is 4.42 Å². The summed E-state index contributed by atoms with van der Waals surface area (Å²) < 4.78 is 19.3. The van der Waals surface area contributed by atoms with Gasteiger partial charge in [0.2, 0.25) is 11.8 Å². The first kappa shape index (κ1) is 11.0. The van der Waals surface area contributed by atoms with Gasteiger partial charge in [-0.25, -0.2) is 4.39 Å². The second kappa shape index (κ2) is 4.20. The summed E-state index contributed by atoms with van der Waals surface area (Å²) in [6, 6.07) is 0. The number of nitrogens with zero attached hydrogens (tertiary/aromatic N) is 2. The van der Waals surface area contributed by atoms with Crippen LogP contribution in [0.25, 0.3) is 5.57 Å². The van der Waals surface area contributed by atoms with Crippen LogP contribution in [0.15, 0.2) is 22.1 Å². The fourth-order valence-electron chi connectivity index (χ4n) is 1.91. The maximum absolute atomic E-state index is 14.0. The van der Waals surface area contributed by atoms with Crippen molar-refractivity contribution in [3.63, 3.8) is 0 Å². The van der Waals surface area contributed by atoms with Gasteiger partial charge < -0.3 is 4.42 Å². The Morgan fingerprint density at radius 3 is 2.69 bits per heavy atom. The van der Waals surface area contributed by atoms with Crippen molar-refractivity contribution in [1.29, 1.82) is 0 Å². The molecular weight excluding hydrogens is 207 g/mol. The average Bonchev–Trinajstić information content (AvgIpc) is 2.69. The minimum atomic E-state index is -0.947. The van der Waals surface area contributed by atoms with E-state index in [1.54, 1.807) is 6.92 Å². The molecule has 2 unspecified atom stereocenters. The van der Waals surface area contributed by atoms with Gasteiger partial charge in [0.1, 0.15) is 6.17 Å². The van der Waals surface area contributed by atoms with Crippen LogP contribution in [0.5, 0.6) is 0 Å². The molecule has 1 heterocycles. The van der Waals surface area contributed by atoms with Crippen molar-refractivity contribution in [2.45, 2.75) is 33.4 Å². The highest BCUT2D eigenvalue weighted by Crippen LogP contribution is 2.34. The normalized spacial score (nSPS) is 25.2. The fraction of sp³-hybridized carbons (Fsp3) is 0.500. The number of aryl methyl sites for hydroxylation is 1. The van der Waals surface area contributed by atoms with Crippen LogP contribution in [0, 0.1) is 12.8 Å². The van der Waals surface area contributed by atoms with E-state index in [0.29, 0.717) is 11.8 Å². The molecule has 1 aromatic heterocycles. The molecule has 0 N–H and O–H groups in total. The number of aromatic nitrogens is 2. The second-order valence-electron chi connectivity index (χ2n) is 4.03. The van der Waals surface area contributed by atoms with Crippen LogP contribution in [0.1, 0.15) is 32.0 Å². The van der Waals surface area contributed by atoms with Crippen LogP contribution < -0.4 is 0 Å². The van der Waals surface area contributed by atoms with Crippen molar-refractivity contribution in [1.82, 2.24) is 10.2 Å². The van der Waals surface area contributed by atoms with Gasteiger partial charge in [-0.05, 0) is 12.0 Å². The van der Waals surface area contributed by atoms with Gasteiger partial charge in [-0.3, -0.25) is 0 Å². The van der Waals surface area contributed by atoms with Crippen LogP contribution in [-0.2, 0) is 0 Å². The summed E-state index contributed by atoms with van der Waals surface area (Å²) >= 11 is 0. The largest absolute Gasteiger partial charge is 0.421 e. The SMILES string of the molecule is CCC1=CC=C(c2nnc(C)o2)C(C)C1F. The molecule has 1 aliphatic carbocycles. The molecule has 2 atom stereocenters. The summed E-state index contributed by atoms with van der Waals surface area (Å²) in [6.45, 7) is 5.53. The van der Waals surface area contributed by atoms with Gasteiger partial charge in [0.05, 0.1) is 0 Å². The number of alkyl halides is 1. The lowest BCUT2D eigenvalue weighted by Gasteiger charge is -2.23. The predicted octanol–water partition coefficient (Wildman–Crippen LogP) is 3.09. The third-order valence-electron chi connectivity index (χ3n) is 2.94. The smallest absolute Gasteiger partial charge is 0.244 e. The van der Waals surface area contributed by atoms with E-state index in [1.807, 2.05) is 26.0 Å². The molecule has 0 fully saturated rings. The zero-order valence-corrected chi connectivity index (χ0v) is 9.70. The third kappa shape index (κ3) is 1.79. The lowest BCUT2D eigenvalue weighted by molar-refractivity contribution is 0.314. The molecule has 2 rings (SSSR count). The summed E-state index contributed by atoms with van der Waals surface area (Å²) in [4.78, 5) is 0. The highest BCUT2D eigenvalue weighted by molar-refractivity contribution is 5.65. The molecule has 0 bridgehead atoms. The molecule has 1 aromatic rings. The first-order valence-electron chi connectivity index (χ1n) is 5.48. The van der Waals surface area contributed by atoms with E-state index in [1.165, 1.54) is 0 Å². The van der Waals surface area contributed by atoms with E-state index in [0.717, 1.165) is 17.6 Å². The van der Waals surface area contributed by atoms with E-state index >= 15 is 0 Å². The van der Waals surface area contributed by atoms with E-state index in [-0.39, 0.29) is 5.92 Å². The van der Waals surface area contributed by atoms with Crippen LogP contribution in [-0.4, -0.2) is 16.4 Å². The zero-order chi connectivity index (χ0) is 11.7. The summed E-state index contributed by atoms with van der Waals surface area (Å²) in [7, 11) is 0. The van der Waals surface area contributed by atoms with Crippen molar-refractivity contribution in [3.8, 4) is 0 Å². The Hall–Kier alpha value is -1.45. The van der Waals surface area contributed by atoms with E-state index < -0.39 is 6.17 Å². The quantitative estimate of drug-likeness (QED) is 0.771. The molecule has 0 aromatic carbocycles. The molecule has 3 nitrogen and oxygen atoms in total. The first-order chi connectivity index (χ1) is 7.63. The number of rotatable bonds is 2. The molecule has 16 heavy (non-hydrogen) atoms. The standard InChI is InChI=1S/C12H15FN2O/c1-4-9-5-6-10(7(2)11(9)13)12-15-14-8(3)16-12/h5-7,11H,4H2,1-3H3. The van der Waals surface area contributed by atoms with Crippen molar-refractivity contribution in [2.24, 2.45) is 5.92 Å². The van der Waals surface area contributed by atoms with E-state index in [9.17, 15) is 4.39 Å². The highest BCUT2D eigenvalue weighted by Gasteiger charge is 2.29. The van der Waals surface area contributed by atoms with Crippen LogP contribution in [0.4, 0.5) is 4.39 Å². The van der Waals surface area contributed by atoms with E-state index in [2.05, 4.69) is 10.2 Å². The van der Waals surface area contributed by atoms with Gasteiger partial charge in [0.25, 0.3) is 0 Å². The molecule has 4 heteroatoms. The minimum Gasteiger partial charge on any atom is -0.421 e. The molecule has 0 amide bonds. The van der Waals surface area contributed by atoms with Gasteiger partial charge in [0, 0.05) is 18.4 Å². The Labute approximate surface area is 94.1 Å². The van der Waals surface area contributed by atoms with Gasteiger partial charge in [0.15, 0.2) is 0 Å². The van der Waals surface area contributed by atoms with Crippen molar-refractivity contribution < 1.29 is 8.81 Å². The Kier molecular flexibility index (Phi) is 2.90. The Balaban J connectivity index is 2.35. The lowest BCUT2D eigenvalue weighted by atomic mass is 9.85. The molecule has 0 aliphatic heterocycles. The summed E-state index contributed by atoms with van der Waals surface area (Å²) in [5.41, 5.74) is 1.61. The van der Waals surface area contributed by atoms with Crippen molar-refractivity contribution in [2.75, 3.05) is 0 Å². The molecule has 0 radical (unpaired) electrons. The van der Waals surface area contributed by atoms with Gasteiger partial charge in [-0.1, -0.05) is 26.0 Å². The predicted molar refractivity (Wildman–Crippen MR) is 59.4 cm³/mol. The Bertz CT molecular complexity index is 448. The van der Waals surface area contributed by atoms with Crippen molar-refractivity contribution >= 4 is 5.57 Å². The second-order valence-corrected chi connectivity index (χ2v) is 4.03. The number of hydrogen-bond donors (Lipinski definition) is 0. The van der Waals surface area contributed by atoms with Crippen molar-refractivity contribution in [3.05, 3.63) is 29.5 Å². The Morgan fingerprint density at radius 2 is 2.12 bits per heavy atom. The molecule has 0 saturated carbocycles. The lowest BCUT2D eigenvalue weighted by Crippen LogP contribution is -2.19. The monoisotopic (exact) mass is 222 g/mol. The molecular formula is C12H15FN2O. The molecule has 86 valence electrons. The first-order valence-corrected chi connectivity index (χ1v) is 5.48. The van der Waals surface area contributed by atoms with Gasteiger partial charge in [-0.15, -0.1) is 10.2 Å². The van der Waals surface area contributed by atoms with Gasteiger partial charge in [-0.2, -0.15) is 0 Å². The number of halogens is 1. The minimum absolute atomic E-state index is 0.222. The van der Waals surface area contributed by atoms with Crippen LogP contribution in [0.2, 0.25) is 0 Å². The summed E-state index contributed by atoms with van der Waals surface area (Å²) in [5.74, 6) is 0.711. The molecule has 0 spiro atoms. The summed E-state index contributed by atoms with van der Waals surface area (Å²) in [5, 5.41) is 7.68. The molecule has 1 aliphatic rings. The average molecular weight is 222 g/mol. The Morgan fingerprint density at radius 1 is 1.38 bits per heavy atom.